The number of methoxy groups -OCH3 is 1. The van der Waals surface area contributed by atoms with Crippen LogP contribution in [0, 0.1) is 10.1 Å². The van der Waals surface area contributed by atoms with Crippen molar-refractivity contribution in [3.05, 3.63) is 10.1 Å². The second-order valence-corrected chi connectivity index (χ2v) is 4.67. The summed E-state index contributed by atoms with van der Waals surface area (Å²) in [6, 6.07) is 0. The molecule has 1 aromatic rings. The van der Waals surface area contributed by atoms with Gasteiger partial charge in [0.15, 0.2) is 11.4 Å². The predicted molar refractivity (Wildman–Crippen MR) is 82.5 cm³/mol. The Labute approximate surface area is 132 Å². The van der Waals surface area contributed by atoms with E-state index < -0.39 is 11.2 Å². The molecule has 0 aliphatic rings. The highest BCUT2D eigenvalue weighted by atomic mass is 32.2. The van der Waals surface area contributed by atoms with Crippen molar-refractivity contribution in [1.29, 1.82) is 0 Å². The Morgan fingerprint density at radius 2 is 1.95 bits per heavy atom. The van der Waals surface area contributed by atoms with Crippen molar-refractivity contribution in [1.82, 2.24) is 9.97 Å². The molecule has 0 amide bonds. The zero-order valence-corrected chi connectivity index (χ0v) is 13.8. The normalized spacial score (nSPS) is 10.8. The van der Waals surface area contributed by atoms with Crippen LogP contribution in [0.1, 0.15) is 13.8 Å². The van der Waals surface area contributed by atoms with Gasteiger partial charge in [-0.3, -0.25) is 10.1 Å². The van der Waals surface area contributed by atoms with Crippen molar-refractivity contribution in [2.75, 3.05) is 38.4 Å². The molecule has 0 aliphatic heterocycles. The third-order valence-corrected chi connectivity index (χ3v) is 3.08. The molecule has 0 atom stereocenters. The van der Waals surface area contributed by atoms with Crippen LogP contribution >= 0.6 is 11.8 Å². The molecule has 10 heteroatoms. The topological polar surface area (TPSA) is 109 Å². The van der Waals surface area contributed by atoms with Gasteiger partial charge in [-0.1, -0.05) is 11.8 Å². The Kier molecular flexibility index (Phi) is 7.85. The van der Waals surface area contributed by atoms with Gasteiger partial charge in [-0.2, -0.15) is 9.97 Å². The van der Waals surface area contributed by atoms with E-state index in [-0.39, 0.29) is 23.9 Å². The van der Waals surface area contributed by atoms with Crippen molar-refractivity contribution in [2.45, 2.75) is 25.3 Å². The zero-order valence-electron chi connectivity index (χ0n) is 13.0. The molecule has 1 N–H and O–H groups in total. The van der Waals surface area contributed by atoms with Crippen molar-refractivity contribution >= 4 is 23.3 Å². The van der Waals surface area contributed by atoms with Gasteiger partial charge in [-0.05, 0) is 20.1 Å². The standard InChI is InChI=1S/C12H20N4O5S/c1-5-20-8(21-6-2)7-13-10-9(16(17)18)11(19-3)15-12(14-10)22-4/h8H,5-7H2,1-4H3,(H,13,14,15). The van der Waals surface area contributed by atoms with Gasteiger partial charge in [0.25, 0.3) is 0 Å². The first-order chi connectivity index (χ1) is 10.6. The average Bonchev–Trinajstić information content (AvgIpc) is 2.51. The van der Waals surface area contributed by atoms with Gasteiger partial charge in [0.2, 0.25) is 5.82 Å². The number of nitrogens with zero attached hydrogens (tertiary/aromatic N) is 3. The molecule has 0 bridgehead atoms. The Hall–Kier alpha value is -1.65. The third kappa shape index (κ3) is 4.97. The Bertz CT molecular complexity index is 497. The van der Waals surface area contributed by atoms with Crippen molar-refractivity contribution in [3.63, 3.8) is 0 Å². The van der Waals surface area contributed by atoms with Crippen LogP contribution in [-0.4, -0.2) is 54.3 Å². The molecule has 0 fully saturated rings. The maximum absolute atomic E-state index is 11.2. The summed E-state index contributed by atoms with van der Waals surface area (Å²) in [5.74, 6) is -0.0122. The summed E-state index contributed by atoms with van der Waals surface area (Å²) < 4.78 is 15.7. The number of ether oxygens (including phenoxy) is 3. The fourth-order valence-electron chi connectivity index (χ4n) is 1.65. The van der Waals surface area contributed by atoms with E-state index >= 15 is 0 Å². The highest BCUT2D eigenvalue weighted by Crippen LogP contribution is 2.33. The molecule has 1 aromatic heterocycles. The molecule has 1 heterocycles. The Morgan fingerprint density at radius 3 is 2.41 bits per heavy atom. The van der Waals surface area contributed by atoms with E-state index in [2.05, 4.69) is 15.3 Å². The predicted octanol–water partition coefficient (Wildman–Crippen LogP) is 1.93. The van der Waals surface area contributed by atoms with Gasteiger partial charge >= 0.3 is 11.6 Å². The van der Waals surface area contributed by atoms with E-state index in [0.29, 0.717) is 18.4 Å². The minimum absolute atomic E-state index is 0.0746. The lowest BCUT2D eigenvalue weighted by Gasteiger charge is -2.18. The zero-order chi connectivity index (χ0) is 16.5. The fourth-order valence-corrected chi connectivity index (χ4v) is 2.01. The summed E-state index contributed by atoms with van der Waals surface area (Å²) >= 11 is 1.26. The number of thioether (sulfide) groups is 1. The maximum atomic E-state index is 11.2. The van der Waals surface area contributed by atoms with Crippen LogP contribution in [0.3, 0.4) is 0 Å². The van der Waals surface area contributed by atoms with Crippen LogP contribution in [0.15, 0.2) is 5.16 Å². The SMILES string of the molecule is CCOC(CNc1nc(SC)nc(OC)c1[N+](=O)[O-])OCC. The Morgan fingerprint density at radius 1 is 1.32 bits per heavy atom. The second-order valence-electron chi connectivity index (χ2n) is 3.90. The second kappa shape index (κ2) is 9.38. The smallest absolute Gasteiger partial charge is 0.372 e. The van der Waals surface area contributed by atoms with Crippen LogP contribution in [0.2, 0.25) is 0 Å². The molecule has 124 valence electrons. The molecule has 1 rings (SSSR count). The molecular formula is C12H20N4O5S. The summed E-state index contributed by atoms with van der Waals surface area (Å²) in [7, 11) is 1.33. The van der Waals surface area contributed by atoms with Gasteiger partial charge in [0.05, 0.1) is 18.6 Å². The highest BCUT2D eigenvalue weighted by molar-refractivity contribution is 7.98. The van der Waals surface area contributed by atoms with Crippen LogP contribution in [0.5, 0.6) is 5.88 Å². The average molecular weight is 332 g/mol. The summed E-state index contributed by atoms with van der Waals surface area (Å²) in [5.41, 5.74) is -0.313. The van der Waals surface area contributed by atoms with Crippen molar-refractivity contribution < 1.29 is 19.1 Å². The van der Waals surface area contributed by atoms with Gasteiger partial charge in [-0.15, -0.1) is 0 Å². The lowest BCUT2D eigenvalue weighted by molar-refractivity contribution is -0.385. The molecule has 0 aliphatic carbocycles. The van der Waals surface area contributed by atoms with E-state index in [4.69, 9.17) is 14.2 Å². The van der Waals surface area contributed by atoms with Crippen LogP contribution < -0.4 is 10.1 Å². The Balaban J connectivity index is 3.02. The molecule has 0 saturated heterocycles. The van der Waals surface area contributed by atoms with E-state index in [1.54, 1.807) is 6.26 Å². The number of anilines is 1. The molecule has 0 radical (unpaired) electrons. The van der Waals surface area contributed by atoms with Gasteiger partial charge in [0, 0.05) is 13.2 Å². The summed E-state index contributed by atoms with van der Waals surface area (Å²) in [6.07, 6.45) is 1.25. The minimum Gasteiger partial charge on any atom is -0.476 e. The fraction of sp³-hybridized carbons (Fsp3) is 0.667. The number of hydrogen-bond acceptors (Lipinski definition) is 9. The molecular weight excluding hydrogens is 312 g/mol. The summed E-state index contributed by atoms with van der Waals surface area (Å²) in [5, 5.41) is 14.5. The molecule has 22 heavy (non-hydrogen) atoms. The van der Waals surface area contributed by atoms with E-state index in [9.17, 15) is 10.1 Å². The van der Waals surface area contributed by atoms with E-state index in [1.807, 2.05) is 13.8 Å². The van der Waals surface area contributed by atoms with Crippen LogP contribution in [-0.2, 0) is 9.47 Å². The lowest BCUT2D eigenvalue weighted by atomic mass is 10.4. The van der Waals surface area contributed by atoms with Gasteiger partial charge in [0.1, 0.15) is 0 Å². The molecule has 0 saturated carbocycles. The molecule has 0 spiro atoms. The van der Waals surface area contributed by atoms with Gasteiger partial charge in [-0.25, -0.2) is 0 Å². The van der Waals surface area contributed by atoms with Crippen LogP contribution in [0.25, 0.3) is 0 Å². The first kappa shape index (κ1) is 18.4. The summed E-state index contributed by atoms with van der Waals surface area (Å²) in [4.78, 5) is 18.7. The number of hydrogen-bond donors (Lipinski definition) is 1. The first-order valence-electron chi connectivity index (χ1n) is 6.68. The van der Waals surface area contributed by atoms with Gasteiger partial charge < -0.3 is 19.5 Å². The first-order valence-corrected chi connectivity index (χ1v) is 7.91. The van der Waals surface area contributed by atoms with E-state index in [1.165, 1.54) is 18.9 Å². The number of rotatable bonds is 10. The minimum atomic E-state index is -0.582. The van der Waals surface area contributed by atoms with Crippen LogP contribution in [0.4, 0.5) is 11.5 Å². The monoisotopic (exact) mass is 332 g/mol. The third-order valence-electron chi connectivity index (χ3n) is 2.53. The van der Waals surface area contributed by atoms with Crippen molar-refractivity contribution in [3.8, 4) is 5.88 Å². The van der Waals surface area contributed by atoms with Crippen molar-refractivity contribution in [2.24, 2.45) is 0 Å². The molecule has 9 nitrogen and oxygen atoms in total. The largest absolute Gasteiger partial charge is 0.476 e. The maximum Gasteiger partial charge on any atom is 0.372 e. The lowest BCUT2D eigenvalue weighted by Crippen LogP contribution is -2.27. The van der Waals surface area contributed by atoms with E-state index in [0.717, 1.165) is 0 Å². The quantitative estimate of drug-likeness (QED) is 0.226. The summed E-state index contributed by atoms with van der Waals surface area (Å²) in [6.45, 7) is 4.84. The molecule has 0 aromatic carbocycles. The highest BCUT2D eigenvalue weighted by Gasteiger charge is 2.26. The number of nitro groups is 1. The number of aromatic nitrogens is 2. The molecule has 0 unspecified atom stereocenters. The number of nitrogens with one attached hydrogen (secondary N) is 1.